The van der Waals surface area contributed by atoms with Gasteiger partial charge in [0.1, 0.15) is 5.76 Å². The van der Waals surface area contributed by atoms with Crippen LogP contribution in [0.4, 0.5) is 5.88 Å². The van der Waals surface area contributed by atoms with Crippen molar-refractivity contribution in [3.8, 4) is 0 Å². The number of hydrogen-bond donors (Lipinski definition) is 0. The molecule has 10 heteroatoms. The lowest BCUT2D eigenvalue weighted by atomic mass is 9.96. The van der Waals surface area contributed by atoms with E-state index in [1.54, 1.807) is 36.3 Å². The fourth-order valence-electron chi connectivity index (χ4n) is 4.40. The smallest absolute Gasteiger partial charge is 0.338 e. The molecule has 0 amide bonds. The van der Waals surface area contributed by atoms with Crippen molar-refractivity contribution in [2.75, 3.05) is 44.1 Å². The molecule has 1 unspecified atom stereocenters. The number of benzene rings is 1. The highest BCUT2D eigenvalue weighted by molar-refractivity contribution is 7.98. The van der Waals surface area contributed by atoms with Gasteiger partial charge in [0.2, 0.25) is 0 Å². The maximum Gasteiger partial charge on any atom is 0.338 e. The minimum absolute atomic E-state index is 0.226. The Morgan fingerprint density at radius 2 is 1.97 bits per heavy atom. The number of fused-ring (bicyclic) bond motifs is 1. The first-order chi connectivity index (χ1) is 17.5. The summed E-state index contributed by atoms with van der Waals surface area (Å²) >= 11 is 2.91. The molecule has 0 aliphatic carbocycles. The third-order valence-electron chi connectivity index (χ3n) is 6.16. The van der Waals surface area contributed by atoms with Gasteiger partial charge in [0.05, 0.1) is 41.7 Å². The van der Waals surface area contributed by atoms with Crippen LogP contribution in [0, 0.1) is 0 Å². The second-order valence-corrected chi connectivity index (χ2v) is 10.2. The first-order valence-corrected chi connectivity index (χ1v) is 13.8. The minimum atomic E-state index is -0.626. The van der Waals surface area contributed by atoms with Crippen molar-refractivity contribution in [1.29, 1.82) is 0 Å². The van der Waals surface area contributed by atoms with Crippen molar-refractivity contribution in [2.24, 2.45) is 4.99 Å². The lowest BCUT2D eigenvalue weighted by Crippen LogP contribution is -2.39. The Labute approximate surface area is 216 Å². The number of nitrogens with zero attached hydrogens (tertiary/aromatic N) is 3. The summed E-state index contributed by atoms with van der Waals surface area (Å²) in [7, 11) is 0. The first-order valence-electron chi connectivity index (χ1n) is 11.8. The molecular formula is C26H27N3O5S2. The zero-order valence-corrected chi connectivity index (χ0v) is 22.0. The number of esters is 1. The topological polar surface area (TPSA) is 86.3 Å². The standard InChI is InChI=1S/C26H27N3O5S2/c1-4-33-25(31)22-16(2)27-26-29(23(22)17-5-8-19(35-3)9-6-17)24(30)20(36-26)15-18-7-10-21(34-18)28-11-13-32-14-12-28/h5-10,15,23H,4,11-14H2,1-3H3. The highest BCUT2D eigenvalue weighted by Crippen LogP contribution is 2.31. The van der Waals surface area contributed by atoms with E-state index in [2.05, 4.69) is 9.89 Å². The van der Waals surface area contributed by atoms with Crippen LogP contribution in [0.25, 0.3) is 6.08 Å². The quantitative estimate of drug-likeness (QED) is 0.361. The van der Waals surface area contributed by atoms with Gasteiger partial charge in [-0.05, 0) is 43.9 Å². The Bertz CT molecular complexity index is 1480. The van der Waals surface area contributed by atoms with Crippen LogP contribution in [0.3, 0.4) is 0 Å². The summed E-state index contributed by atoms with van der Waals surface area (Å²) in [4.78, 5) is 35.1. The molecule has 4 heterocycles. The summed E-state index contributed by atoms with van der Waals surface area (Å²) in [5.41, 5.74) is 1.52. The number of thiazole rings is 1. The third-order valence-corrected chi connectivity index (χ3v) is 7.88. The van der Waals surface area contributed by atoms with E-state index < -0.39 is 12.0 Å². The number of furan rings is 1. The number of carbonyl (C=O) groups is 1. The second kappa shape index (κ2) is 10.5. The van der Waals surface area contributed by atoms with Crippen molar-refractivity contribution in [3.63, 3.8) is 0 Å². The molecule has 0 bridgehead atoms. The van der Waals surface area contributed by atoms with Crippen LogP contribution in [0.2, 0.25) is 0 Å². The Morgan fingerprint density at radius 3 is 2.67 bits per heavy atom. The van der Waals surface area contributed by atoms with Gasteiger partial charge in [-0.25, -0.2) is 9.79 Å². The van der Waals surface area contributed by atoms with Gasteiger partial charge in [-0.1, -0.05) is 23.5 Å². The van der Waals surface area contributed by atoms with Gasteiger partial charge in [-0.3, -0.25) is 9.36 Å². The van der Waals surface area contributed by atoms with Crippen LogP contribution in [-0.4, -0.2) is 49.7 Å². The van der Waals surface area contributed by atoms with E-state index in [0.717, 1.165) is 29.4 Å². The van der Waals surface area contributed by atoms with Crippen LogP contribution in [-0.2, 0) is 14.3 Å². The van der Waals surface area contributed by atoms with E-state index in [-0.39, 0.29) is 12.2 Å². The average Bonchev–Trinajstić information content (AvgIpc) is 3.48. The van der Waals surface area contributed by atoms with Gasteiger partial charge in [0.15, 0.2) is 10.7 Å². The number of ether oxygens (including phenoxy) is 2. The molecule has 36 heavy (non-hydrogen) atoms. The fourth-order valence-corrected chi connectivity index (χ4v) is 5.83. The number of morpholine rings is 1. The van der Waals surface area contributed by atoms with E-state index >= 15 is 0 Å². The molecule has 2 aliphatic rings. The highest BCUT2D eigenvalue weighted by Gasteiger charge is 2.33. The fraction of sp³-hybridized carbons (Fsp3) is 0.346. The summed E-state index contributed by atoms with van der Waals surface area (Å²) in [5, 5.41) is 0. The molecule has 0 radical (unpaired) electrons. The molecule has 2 aromatic heterocycles. The summed E-state index contributed by atoms with van der Waals surface area (Å²) in [6.45, 7) is 6.64. The normalized spacial score (nSPS) is 18.2. The molecule has 0 saturated carbocycles. The largest absolute Gasteiger partial charge is 0.463 e. The predicted molar refractivity (Wildman–Crippen MR) is 140 cm³/mol. The van der Waals surface area contributed by atoms with Crippen molar-refractivity contribution >= 4 is 41.0 Å². The van der Waals surface area contributed by atoms with Gasteiger partial charge in [0.25, 0.3) is 5.56 Å². The molecule has 1 fully saturated rings. The van der Waals surface area contributed by atoms with Crippen molar-refractivity contribution < 1.29 is 18.7 Å². The van der Waals surface area contributed by atoms with Crippen molar-refractivity contribution in [1.82, 2.24) is 4.57 Å². The number of aromatic nitrogens is 1. The zero-order chi connectivity index (χ0) is 25.2. The minimum Gasteiger partial charge on any atom is -0.463 e. The Kier molecular flexibility index (Phi) is 7.17. The number of carbonyl (C=O) groups excluding carboxylic acids is 1. The molecule has 0 N–H and O–H groups in total. The SMILES string of the molecule is CCOC(=O)C1=C(C)N=c2sc(=Cc3ccc(N4CCOCC4)o3)c(=O)n2C1c1ccc(SC)cc1. The van der Waals surface area contributed by atoms with Crippen LogP contribution in [0.15, 0.2) is 66.8 Å². The maximum absolute atomic E-state index is 13.7. The number of rotatable bonds is 6. The molecule has 2 aliphatic heterocycles. The Morgan fingerprint density at radius 1 is 1.22 bits per heavy atom. The van der Waals surface area contributed by atoms with E-state index in [0.29, 0.717) is 39.6 Å². The first kappa shape index (κ1) is 24.6. The maximum atomic E-state index is 13.7. The molecule has 1 aromatic carbocycles. The molecule has 188 valence electrons. The molecular weight excluding hydrogens is 498 g/mol. The lowest BCUT2D eigenvalue weighted by Gasteiger charge is -2.26. The predicted octanol–water partition coefficient (Wildman–Crippen LogP) is 2.95. The van der Waals surface area contributed by atoms with Gasteiger partial charge in [0, 0.05) is 30.1 Å². The van der Waals surface area contributed by atoms with E-state index in [1.807, 2.05) is 42.7 Å². The second-order valence-electron chi connectivity index (χ2n) is 8.35. The monoisotopic (exact) mass is 525 g/mol. The molecule has 1 saturated heterocycles. The Balaban J connectivity index is 1.60. The molecule has 5 rings (SSSR count). The molecule has 3 aromatic rings. The number of allylic oxidation sites excluding steroid dienone is 1. The van der Waals surface area contributed by atoms with Crippen LogP contribution in [0.1, 0.15) is 31.2 Å². The van der Waals surface area contributed by atoms with Gasteiger partial charge >= 0.3 is 5.97 Å². The summed E-state index contributed by atoms with van der Waals surface area (Å²) < 4.78 is 18.9. The number of thioether (sulfide) groups is 1. The number of anilines is 1. The van der Waals surface area contributed by atoms with Gasteiger partial charge in [-0.15, -0.1) is 11.8 Å². The Hall–Kier alpha value is -3.08. The number of hydrogen-bond acceptors (Lipinski definition) is 9. The van der Waals surface area contributed by atoms with E-state index in [4.69, 9.17) is 13.9 Å². The summed E-state index contributed by atoms with van der Waals surface area (Å²) in [6.07, 6.45) is 3.75. The summed E-state index contributed by atoms with van der Waals surface area (Å²) in [5.74, 6) is 0.877. The lowest BCUT2D eigenvalue weighted by molar-refractivity contribution is -0.139. The van der Waals surface area contributed by atoms with Crippen LogP contribution >= 0.6 is 23.1 Å². The zero-order valence-electron chi connectivity index (χ0n) is 20.4. The molecule has 1 atom stereocenters. The van der Waals surface area contributed by atoms with Crippen LogP contribution < -0.4 is 19.8 Å². The van der Waals surface area contributed by atoms with Crippen LogP contribution in [0.5, 0.6) is 0 Å². The summed E-state index contributed by atoms with van der Waals surface area (Å²) in [6, 6.07) is 11.0. The van der Waals surface area contributed by atoms with Gasteiger partial charge in [-0.2, -0.15) is 0 Å². The highest BCUT2D eigenvalue weighted by atomic mass is 32.2. The average molecular weight is 526 g/mol. The third kappa shape index (κ3) is 4.68. The van der Waals surface area contributed by atoms with E-state index in [9.17, 15) is 9.59 Å². The van der Waals surface area contributed by atoms with Crippen molar-refractivity contribution in [3.05, 3.63) is 78.7 Å². The van der Waals surface area contributed by atoms with Gasteiger partial charge < -0.3 is 18.8 Å². The van der Waals surface area contributed by atoms with E-state index in [1.165, 1.54) is 11.3 Å². The van der Waals surface area contributed by atoms with Crippen molar-refractivity contribution in [2.45, 2.75) is 24.8 Å². The molecule has 8 nitrogen and oxygen atoms in total. The molecule has 0 spiro atoms.